The van der Waals surface area contributed by atoms with E-state index in [2.05, 4.69) is 26.0 Å². The summed E-state index contributed by atoms with van der Waals surface area (Å²) in [4.78, 5) is 0. The molecule has 4 aliphatic carbocycles. The molecule has 0 spiro atoms. The summed E-state index contributed by atoms with van der Waals surface area (Å²) in [6, 6.07) is 0. The Labute approximate surface area is 163 Å². The zero-order valence-electron chi connectivity index (χ0n) is 17.3. The summed E-state index contributed by atoms with van der Waals surface area (Å²) < 4.78 is 11.1. The standard InChI is InChI=1S/C23H36O4/c1-21-10-7-16(26-3)13-15(21)5-6-17-18(21)8-11-22(2)19(17)9-12-23(22,25)20(14-24)27-4/h5,13,17-20,24-25H,6-12,14H2,1-4H3/t17-,18+,19+,20-,21+,22+,23-/m1/s1. The molecule has 4 nitrogen and oxygen atoms in total. The third-order valence-electron chi connectivity index (χ3n) is 9.19. The first-order valence-electron chi connectivity index (χ1n) is 10.7. The Hall–Kier alpha value is -0.840. The molecule has 152 valence electrons. The number of rotatable bonds is 4. The van der Waals surface area contributed by atoms with Crippen LogP contribution in [0.5, 0.6) is 0 Å². The van der Waals surface area contributed by atoms with Crippen LogP contribution < -0.4 is 0 Å². The number of aliphatic hydroxyl groups excluding tert-OH is 1. The monoisotopic (exact) mass is 376 g/mol. The molecule has 2 saturated carbocycles. The minimum absolute atomic E-state index is 0.115. The number of ether oxygens (including phenoxy) is 2. The van der Waals surface area contributed by atoms with Crippen LogP contribution in [0.15, 0.2) is 23.5 Å². The zero-order valence-corrected chi connectivity index (χ0v) is 17.3. The lowest BCUT2D eigenvalue weighted by molar-refractivity contribution is -0.190. The number of aliphatic hydroxyl groups is 2. The molecule has 0 radical (unpaired) electrons. The van der Waals surface area contributed by atoms with Gasteiger partial charge >= 0.3 is 0 Å². The molecule has 4 rings (SSSR count). The second-order valence-electron chi connectivity index (χ2n) is 9.83. The molecule has 4 heteroatoms. The van der Waals surface area contributed by atoms with E-state index in [0.29, 0.717) is 17.8 Å². The Kier molecular flexibility index (Phi) is 4.76. The minimum Gasteiger partial charge on any atom is -0.501 e. The van der Waals surface area contributed by atoms with E-state index in [1.807, 2.05) is 0 Å². The van der Waals surface area contributed by atoms with Crippen molar-refractivity contribution in [2.24, 2.45) is 28.6 Å². The van der Waals surface area contributed by atoms with Crippen molar-refractivity contribution >= 4 is 0 Å². The van der Waals surface area contributed by atoms with Crippen molar-refractivity contribution in [1.29, 1.82) is 0 Å². The molecule has 0 aliphatic heterocycles. The van der Waals surface area contributed by atoms with E-state index >= 15 is 0 Å². The molecular formula is C23H36O4. The topological polar surface area (TPSA) is 58.9 Å². The number of methoxy groups -OCH3 is 2. The lowest BCUT2D eigenvalue weighted by Crippen LogP contribution is -2.59. The van der Waals surface area contributed by atoms with Crippen LogP contribution in [-0.4, -0.2) is 42.7 Å². The Morgan fingerprint density at radius 3 is 2.56 bits per heavy atom. The summed E-state index contributed by atoms with van der Waals surface area (Å²) in [5, 5.41) is 21.5. The van der Waals surface area contributed by atoms with Gasteiger partial charge in [0.15, 0.2) is 0 Å². The summed E-state index contributed by atoms with van der Waals surface area (Å²) in [7, 11) is 3.39. The van der Waals surface area contributed by atoms with Crippen LogP contribution in [-0.2, 0) is 9.47 Å². The maximum absolute atomic E-state index is 11.6. The van der Waals surface area contributed by atoms with Crippen molar-refractivity contribution in [2.75, 3.05) is 20.8 Å². The van der Waals surface area contributed by atoms with Gasteiger partial charge in [-0.05, 0) is 73.3 Å². The van der Waals surface area contributed by atoms with Gasteiger partial charge in [-0.3, -0.25) is 0 Å². The molecule has 0 unspecified atom stereocenters. The fraction of sp³-hybridized carbons (Fsp3) is 0.826. The van der Waals surface area contributed by atoms with Crippen LogP contribution in [0.4, 0.5) is 0 Å². The smallest absolute Gasteiger partial charge is 0.109 e. The van der Waals surface area contributed by atoms with Crippen molar-refractivity contribution in [3.05, 3.63) is 23.5 Å². The summed E-state index contributed by atoms with van der Waals surface area (Å²) in [5.74, 6) is 2.88. The second-order valence-corrected chi connectivity index (χ2v) is 9.83. The SMILES string of the molecule is COC1=CC2=CC[C@@H]3[C@H](CC[C@@]4(C)[C@H]3CC[C@@]4(O)[C@@H](CO)OC)[C@@]2(C)CC1. The van der Waals surface area contributed by atoms with Gasteiger partial charge in [0.25, 0.3) is 0 Å². The lowest BCUT2D eigenvalue weighted by atomic mass is 9.47. The first-order valence-corrected chi connectivity index (χ1v) is 10.7. The molecule has 0 aromatic heterocycles. The van der Waals surface area contributed by atoms with E-state index < -0.39 is 11.7 Å². The van der Waals surface area contributed by atoms with Gasteiger partial charge in [0, 0.05) is 18.9 Å². The van der Waals surface area contributed by atoms with E-state index in [0.717, 1.165) is 50.7 Å². The van der Waals surface area contributed by atoms with Gasteiger partial charge in [-0.25, -0.2) is 0 Å². The highest BCUT2D eigenvalue weighted by atomic mass is 16.5. The summed E-state index contributed by atoms with van der Waals surface area (Å²) in [5.41, 5.74) is 0.590. The number of hydrogen-bond donors (Lipinski definition) is 2. The highest BCUT2D eigenvalue weighted by Gasteiger charge is 2.65. The van der Waals surface area contributed by atoms with Crippen LogP contribution in [0.1, 0.15) is 58.8 Å². The Balaban J connectivity index is 1.67. The van der Waals surface area contributed by atoms with Gasteiger partial charge < -0.3 is 19.7 Å². The van der Waals surface area contributed by atoms with Crippen LogP contribution in [0.2, 0.25) is 0 Å². The average Bonchev–Trinajstić information content (AvgIpc) is 2.94. The first kappa shape index (κ1) is 19.5. The molecule has 27 heavy (non-hydrogen) atoms. The highest BCUT2D eigenvalue weighted by Crippen LogP contribution is 2.67. The fourth-order valence-corrected chi connectivity index (χ4v) is 7.46. The van der Waals surface area contributed by atoms with Crippen molar-refractivity contribution in [1.82, 2.24) is 0 Å². The molecule has 0 saturated heterocycles. The molecule has 2 N–H and O–H groups in total. The van der Waals surface area contributed by atoms with Crippen molar-refractivity contribution < 1.29 is 19.7 Å². The summed E-state index contributed by atoms with van der Waals surface area (Å²) in [6.07, 6.45) is 11.4. The normalized spacial score (nSPS) is 47.3. The van der Waals surface area contributed by atoms with Crippen LogP contribution in [0.25, 0.3) is 0 Å². The predicted octanol–water partition coefficient (Wildman–Crippen LogP) is 3.83. The number of fused-ring (bicyclic) bond motifs is 5. The van der Waals surface area contributed by atoms with E-state index in [1.54, 1.807) is 14.2 Å². The highest BCUT2D eigenvalue weighted by molar-refractivity contribution is 5.36. The molecule has 0 aromatic rings. The lowest BCUT2D eigenvalue weighted by Gasteiger charge is -2.58. The van der Waals surface area contributed by atoms with Crippen LogP contribution >= 0.6 is 0 Å². The minimum atomic E-state index is -0.924. The third-order valence-corrected chi connectivity index (χ3v) is 9.19. The van der Waals surface area contributed by atoms with E-state index in [4.69, 9.17) is 9.47 Å². The summed E-state index contributed by atoms with van der Waals surface area (Å²) >= 11 is 0. The van der Waals surface area contributed by atoms with Gasteiger partial charge in [-0.2, -0.15) is 0 Å². The Morgan fingerprint density at radius 1 is 1.15 bits per heavy atom. The molecule has 0 bridgehead atoms. The molecule has 0 amide bonds. The number of allylic oxidation sites excluding steroid dienone is 4. The van der Waals surface area contributed by atoms with Crippen LogP contribution in [0, 0.1) is 28.6 Å². The fourth-order valence-electron chi connectivity index (χ4n) is 7.46. The van der Waals surface area contributed by atoms with Gasteiger partial charge in [0.05, 0.1) is 25.1 Å². The molecule has 2 fully saturated rings. The van der Waals surface area contributed by atoms with Gasteiger partial charge in [0.1, 0.15) is 6.10 Å². The van der Waals surface area contributed by atoms with Crippen molar-refractivity contribution in [3.63, 3.8) is 0 Å². The maximum Gasteiger partial charge on any atom is 0.109 e. The predicted molar refractivity (Wildman–Crippen MR) is 105 cm³/mol. The van der Waals surface area contributed by atoms with Crippen LogP contribution in [0.3, 0.4) is 0 Å². The van der Waals surface area contributed by atoms with Crippen molar-refractivity contribution in [3.8, 4) is 0 Å². The summed E-state index contributed by atoms with van der Waals surface area (Å²) in [6.45, 7) is 4.60. The zero-order chi connectivity index (χ0) is 19.4. The van der Waals surface area contributed by atoms with E-state index in [1.165, 1.54) is 5.57 Å². The average molecular weight is 377 g/mol. The van der Waals surface area contributed by atoms with E-state index in [9.17, 15) is 10.2 Å². The molecule has 7 atom stereocenters. The molecule has 0 aromatic carbocycles. The molecule has 4 aliphatic rings. The number of hydrogen-bond acceptors (Lipinski definition) is 4. The first-order chi connectivity index (χ1) is 12.8. The quantitative estimate of drug-likeness (QED) is 0.783. The third kappa shape index (κ3) is 2.52. The van der Waals surface area contributed by atoms with Gasteiger partial charge in [-0.1, -0.05) is 19.9 Å². The van der Waals surface area contributed by atoms with Gasteiger partial charge in [-0.15, -0.1) is 0 Å². The Morgan fingerprint density at radius 2 is 1.89 bits per heavy atom. The van der Waals surface area contributed by atoms with E-state index in [-0.39, 0.29) is 17.4 Å². The largest absolute Gasteiger partial charge is 0.501 e. The Bertz CT molecular complexity index is 651. The maximum atomic E-state index is 11.6. The molecular weight excluding hydrogens is 340 g/mol. The van der Waals surface area contributed by atoms with Crippen molar-refractivity contribution in [2.45, 2.75) is 70.5 Å². The van der Waals surface area contributed by atoms with Gasteiger partial charge in [0.2, 0.25) is 0 Å². The molecule has 0 heterocycles. The second kappa shape index (κ2) is 6.60.